The van der Waals surface area contributed by atoms with Gasteiger partial charge >= 0.3 is 0 Å². The van der Waals surface area contributed by atoms with Crippen LogP contribution in [0.15, 0.2) is 54.9 Å². The van der Waals surface area contributed by atoms with E-state index < -0.39 is 0 Å². The van der Waals surface area contributed by atoms with Gasteiger partial charge in [-0.15, -0.1) is 0 Å². The Bertz CT molecular complexity index is 1260. The Morgan fingerprint density at radius 3 is 2.45 bits per heavy atom. The van der Waals surface area contributed by atoms with Gasteiger partial charge in [-0.05, 0) is 24.8 Å². The summed E-state index contributed by atoms with van der Waals surface area (Å²) in [6, 6.07) is 16.4. The molecule has 6 heteroatoms. The van der Waals surface area contributed by atoms with Crippen LogP contribution in [0.3, 0.4) is 0 Å². The zero-order valence-electron chi connectivity index (χ0n) is 17.5. The average molecular weight is 409 g/mol. The Hall–Kier alpha value is -3.72. The van der Waals surface area contributed by atoms with E-state index in [1.54, 1.807) is 10.7 Å². The lowest BCUT2D eigenvalue weighted by atomic mass is 9.80. The van der Waals surface area contributed by atoms with Gasteiger partial charge in [0.05, 0.1) is 17.6 Å². The predicted octanol–water partition coefficient (Wildman–Crippen LogP) is 5.21. The predicted molar refractivity (Wildman–Crippen MR) is 121 cm³/mol. The van der Waals surface area contributed by atoms with Crippen molar-refractivity contribution in [3.05, 3.63) is 66.1 Å². The number of rotatable bonds is 3. The molecule has 1 saturated carbocycles. The molecule has 1 aromatic carbocycles. The van der Waals surface area contributed by atoms with Crippen LogP contribution in [0.5, 0.6) is 0 Å². The number of nitrogens with two attached hydrogens (primary N) is 1. The maximum Gasteiger partial charge on any atom is 0.165 e. The molecule has 31 heavy (non-hydrogen) atoms. The van der Waals surface area contributed by atoms with Crippen LogP contribution in [0, 0.1) is 17.2 Å². The van der Waals surface area contributed by atoms with E-state index in [2.05, 4.69) is 23.1 Å². The van der Waals surface area contributed by atoms with Gasteiger partial charge in [-0.2, -0.15) is 14.9 Å². The summed E-state index contributed by atoms with van der Waals surface area (Å²) in [6.07, 6.45) is 7.98. The van der Waals surface area contributed by atoms with Gasteiger partial charge in [0, 0.05) is 28.8 Å². The molecule has 2 N–H and O–H groups in total. The molecule has 3 heterocycles. The van der Waals surface area contributed by atoms with Crippen LogP contribution < -0.4 is 5.73 Å². The number of aromatic nitrogens is 4. The van der Waals surface area contributed by atoms with Crippen molar-refractivity contribution in [2.45, 2.75) is 38.5 Å². The molecule has 0 unspecified atom stereocenters. The standard InChI is InChI=1S/C25H24N6/c1-16-7-9-18(10-8-16)23-20(13-26)24(27)31-25(30-23)21(15-29-31)19-11-12-22(28-14-19)17-5-3-2-4-6-17/h2-6,11-12,14-16,18H,7-10,27H2,1H3. The molecular formula is C25H24N6. The lowest BCUT2D eigenvalue weighted by molar-refractivity contribution is 0.344. The second-order valence-electron chi connectivity index (χ2n) is 8.42. The van der Waals surface area contributed by atoms with E-state index in [9.17, 15) is 5.26 Å². The third-order valence-electron chi connectivity index (χ3n) is 6.37. The molecule has 0 spiro atoms. The quantitative estimate of drug-likeness (QED) is 0.502. The highest BCUT2D eigenvalue weighted by molar-refractivity contribution is 5.79. The molecule has 0 saturated heterocycles. The second-order valence-corrected chi connectivity index (χ2v) is 8.42. The highest BCUT2D eigenvalue weighted by atomic mass is 15.3. The number of pyridine rings is 1. The monoisotopic (exact) mass is 408 g/mol. The van der Waals surface area contributed by atoms with Crippen molar-refractivity contribution in [2.24, 2.45) is 5.92 Å². The fourth-order valence-electron chi connectivity index (χ4n) is 4.51. The maximum absolute atomic E-state index is 9.78. The summed E-state index contributed by atoms with van der Waals surface area (Å²) in [5.41, 5.74) is 12.1. The summed E-state index contributed by atoms with van der Waals surface area (Å²) < 4.78 is 1.58. The van der Waals surface area contributed by atoms with E-state index in [-0.39, 0.29) is 5.92 Å². The third-order valence-corrected chi connectivity index (χ3v) is 6.37. The van der Waals surface area contributed by atoms with Gasteiger partial charge in [-0.3, -0.25) is 4.98 Å². The van der Waals surface area contributed by atoms with Gasteiger partial charge in [-0.1, -0.05) is 56.2 Å². The van der Waals surface area contributed by atoms with Crippen LogP contribution >= 0.6 is 0 Å². The fourth-order valence-corrected chi connectivity index (χ4v) is 4.51. The summed E-state index contributed by atoms with van der Waals surface area (Å²) in [7, 11) is 0. The third kappa shape index (κ3) is 3.42. The topological polar surface area (TPSA) is 92.9 Å². The van der Waals surface area contributed by atoms with Crippen molar-refractivity contribution >= 4 is 11.5 Å². The molecule has 0 radical (unpaired) electrons. The Kier molecular flexibility index (Phi) is 4.87. The maximum atomic E-state index is 9.78. The minimum Gasteiger partial charge on any atom is -0.382 e. The van der Waals surface area contributed by atoms with Crippen molar-refractivity contribution in [3.8, 4) is 28.5 Å². The first-order chi connectivity index (χ1) is 15.2. The molecule has 1 fully saturated rings. The van der Waals surface area contributed by atoms with E-state index >= 15 is 0 Å². The Morgan fingerprint density at radius 1 is 1.00 bits per heavy atom. The summed E-state index contributed by atoms with van der Waals surface area (Å²) in [5, 5.41) is 14.2. The van der Waals surface area contributed by atoms with E-state index in [1.165, 1.54) is 0 Å². The smallest absolute Gasteiger partial charge is 0.165 e. The van der Waals surface area contributed by atoms with Crippen LogP contribution in [0.4, 0.5) is 5.82 Å². The van der Waals surface area contributed by atoms with Gasteiger partial charge in [0.2, 0.25) is 0 Å². The number of anilines is 1. The van der Waals surface area contributed by atoms with E-state index in [0.29, 0.717) is 17.0 Å². The summed E-state index contributed by atoms with van der Waals surface area (Å²) in [6.45, 7) is 2.29. The Labute approximate surface area is 181 Å². The number of fused-ring (bicyclic) bond motifs is 1. The summed E-state index contributed by atoms with van der Waals surface area (Å²) >= 11 is 0. The largest absolute Gasteiger partial charge is 0.382 e. The van der Waals surface area contributed by atoms with Crippen LogP contribution in [-0.4, -0.2) is 19.6 Å². The molecule has 0 amide bonds. The zero-order chi connectivity index (χ0) is 21.4. The zero-order valence-corrected chi connectivity index (χ0v) is 17.5. The summed E-state index contributed by atoms with van der Waals surface area (Å²) in [4.78, 5) is 9.58. The normalized spacial score (nSPS) is 18.7. The van der Waals surface area contributed by atoms with Gasteiger partial charge in [0.15, 0.2) is 5.65 Å². The van der Waals surface area contributed by atoms with E-state index in [1.807, 2.05) is 48.7 Å². The van der Waals surface area contributed by atoms with Gasteiger partial charge in [0.1, 0.15) is 17.5 Å². The molecule has 0 atom stereocenters. The fraction of sp³-hybridized carbons (Fsp3) is 0.280. The molecule has 1 aliphatic rings. The number of nitrogens with zero attached hydrogens (tertiary/aromatic N) is 5. The van der Waals surface area contributed by atoms with Crippen LogP contribution in [0.2, 0.25) is 0 Å². The molecule has 154 valence electrons. The number of nitriles is 1. The van der Waals surface area contributed by atoms with Crippen LogP contribution in [-0.2, 0) is 0 Å². The average Bonchev–Trinajstić information content (AvgIpc) is 3.24. The lowest BCUT2D eigenvalue weighted by Crippen LogP contribution is -2.16. The first-order valence-corrected chi connectivity index (χ1v) is 10.7. The molecule has 0 bridgehead atoms. The SMILES string of the molecule is CC1CCC(c2nc3c(-c4ccc(-c5ccccc5)nc4)cnn3c(N)c2C#N)CC1. The molecule has 5 rings (SSSR count). The number of hydrogen-bond donors (Lipinski definition) is 1. The Morgan fingerprint density at radius 2 is 1.77 bits per heavy atom. The summed E-state index contributed by atoms with van der Waals surface area (Å²) in [5.74, 6) is 1.35. The van der Waals surface area contributed by atoms with Crippen molar-refractivity contribution in [3.63, 3.8) is 0 Å². The highest BCUT2D eigenvalue weighted by Gasteiger charge is 2.26. The van der Waals surface area contributed by atoms with Crippen LogP contribution in [0.1, 0.15) is 49.8 Å². The van der Waals surface area contributed by atoms with Gasteiger partial charge in [-0.25, -0.2) is 4.98 Å². The van der Waals surface area contributed by atoms with Crippen molar-refractivity contribution in [2.75, 3.05) is 5.73 Å². The molecular weight excluding hydrogens is 384 g/mol. The van der Waals surface area contributed by atoms with Crippen LogP contribution in [0.25, 0.3) is 28.0 Å². The van der Waals surface area contributed by atoms with Gasteiger partial charge in [0.25, 0.3) is 0 Å². The van der Waals surface area contributed by atoms with Gasteiger partial charge < -0.3 is 5.73 Å². The highest BCUT2D eigenvalue weighted by Crippen LogP contribution is 2.38. The Balaban J connectivity index is 1.58. The van der Waals surface area contributed by atoms with E-state index in [4.69, 9.17) is 10.7 Å². The number of benzene rings is 1. The second kappa shape index (κ2) is 7.84. The lowest BCUT2D eigenvalue weighted by Gasteiger charge is -2.26. The molecule has 4 aromatic rings. The van der Waals surface area contributed by atoms with Crippen molar-refractivity contribution in [1.82, 2.24) is 19.6 Å². The molecule has 3 aromatic heterocycles. The number of nitrogen functional groups attached to an aromatic ring is 1. The number of hydrogen-bond acceptors (Lipinski definition) is 5. The minimum atomic E-state index is 0.263. The van der Waals surface area contributed by atoms with Crippen molar-refractivity contribution in [1.29, 1.82) is 5.26 Å². The molecule has 0 aliphatic heterocycles. The van der Waals surface area contributed by atoms with E-state index in [0.717, 1.165) is 59.7 Å². The molecule has 6 nitrogen and oxygen atoms in total. The first kappa shape index (κ1) is 19.3. The first-order valence-electron chi connectivity index (χ1n) is 10.7. The minimum absolute atomic E-state index is 0.263. The van der Waals surface area contributed by atoms with Crippen molar-refractivity contribution < 1.29 is 0 Å². The molecule has 1 aliphatic carbocycles.